The number of carbonyl (C=O) groups excluding carboxylic acids is 2. The summed E-state index contributed by atoms with van der Waals surface area (Å²) in [4.78, 5) is 25.5. The Morgan fingerprint density at radius 3 is 2.24 bits per heavy atom. The molecule has 1 saturated heterocycles. The molecule has 0 spiro atoms. The highest BCUT2D eigenvalue weighted by Gasteiger charge is 2.37. The first-order valence-electron chi connectivity index (χ1n) is 6.93. The largest absolute Gasteiger partial charge is 0.384 e. The number of amides is 2. The number of imide groups is 1. The molecule has 4 heteroatoms. The van der Waals surface area contributed by atoms with Crippen LogP contribution < -0.4 is 0 Å². The molecule has 2 rings (SSSR count). The molecule has 0 aliphatic carbocycles. The van der Waals surface area contributed by atoms with Gasteiger partial charge in [0.25, 0.3) is 0 Å². The lowest BCUT2D eigenvalue weighted by atomic mass is 9.81. The molecule has 1 heterocycles. The summed E-state index contributed by atoms with van der Waals surface area (Å²) in [5, 5.41) is 8.64. The van der Waals surface area contributed by atoms with Gasteiger partial charge in [-0.15, -0.1) is 0 Å². The Kier molecular flexibility index (Phi) is 4.44. The average Bonchev–Trinajstić information content (AvgIpc) is 2.41. The lowest BCUT2D eigenvalue weighted by Crippen LogP contribution is -2.45. The standard InChI is InChI=1S/C17H19NO3/c1-17(2)10-15(20)18(16(21)11-17)12-14-7-5-13(6-8-14)4-3-9-19/h5-8,19H,9-12H2,1-2H3. The lowest BCUT2D eigenvalue weighted by Gasteiger charge is -2.34. The smallest absolute Gasteiger partial charge is 0.230 e. The molecule has 0 atom stereocenters. The Labute approximate surface area is 124 Å². The molecule has 1 aromatic rings. The predicted octanol–water partition coefficient (Wildman–Crippen LogP) is 1.71. The molecule has 1 aromatic carbocycles. The minimum atomic E-state index is -0.242. The van der Waals surface area contributed by atoms with Crippen molar-refractivity contribution in [2.24, 2.45) is 5.41 Å². The first kappa shape index (κ1) is 15.3. The van der Waals surface area contributed by atoms with E-state index in [0.717, 1.165) is 11.1 Å². The van der Waals surface area contributed by atoms with Crippen molar-refractivity contribution in [2.75, 3.05) is 6.61 Å². The van der Waals surface area contributed by atoms with Crippen LogP contribution in [-0.4, -0.2) is 28.4 Å². The summed E-state index contributed by atoms with van der Waals surface area (Å²) >= 11 is 0. The molecule has 4 nitrogen and oxygen atoms in total. The number of nitrogens with zero attached hydrogens (tertiary/aromatic N) is 1. The maximum Gasteiger partial charge on any atom is 0.230 e. The van der Waals surface area contributed by atoms with E-state index in [4.69, 9.17) is 5.11 Å². The van der Waals surface area contributed by atoms with Crippen LogP contribution in [0.15, 0.2) is 24.3 Å². The van der Waals surface area contributed by atoms with Crippen molar-refractivity contribution in [3.8, 4) is 11.8 Å². The maximum absolute atomic E-state index is 12.1. The number of aliphatic hydroxyl groups is 1. The third-order valence-corrected chi connectivity index (χ3v) is 3.47. The van der Waals surface area contributed by atoms with Crippen LogP contribution in [0, 0.1) is 17.3 Å². The molecule has 0 bridgehead atoms. The van der Waals surface area contributed by atoms with Gasteiger partial charge >= 0.3 is 0 Å². The summed E-state index contributed by atoms with van der Waals surface area (Å²) in [7, 11) is 0. The van der Waals surface area contributed by atoms with Crippen molar-refractivity contribution in [2.45, 2.75) is 33.2 Å². The van der Waals surface area contributed by atoms with Gasteiger partial charge in [-0.1, -0.05) is 37.8 Å². The normalized spacial score (nSPS) is 17.4. The number of carbonyl (C=O) groups is 2. The summed E-state index contributed by atoms with van der Waals surface area (Å²) in [6.07, 6.45) is 0.803. The van der Waals surface area contributed by atoms with Gasteiger partial charge in [-0.25, -0.2) is 0 Å². The van der Waals surface area contributed by atoms with Crippen molar-refractivity contribution in [1.82, 2.24) is 4.90 Å². The second kappa shape index (κ2) is 6.11. The zero-order chi connectivity index (χ0) is 15.5. The summed E-state index contributed by atoms with van der Waals surface area (Å²) in [5.41, 5.74) is 1.45. The van der Waals surface area contributed by atoms with Crippen LogP contribution in [0.2, 0.25) is 0 Å². The molecule has 1 N–H and O–H groups in total. The van der Waals surface area contributed by atoms with Gasteiger partial charge in [-0.05, 0) is 23.1 Å². The van der Waals surface area contributed by atoms with E-state index in [-0.39, 0.29) is 23.8 Å². The van der Waals surface area contributed by atoms with Gasteiger partial charge in [-0.3, -0.25) is 14.5 Å². The summed E-state index contributed by atoms with van der Waals surface area (Å²) in [6.45, 7) is 4.01. The van der Waals surface area contributed by atoms with Crippen molar-refractivity contribution < 1.29 is 14.7 Å². The zero-order valence-electron chi connectivity index (χ0n) is 12.3. The van der Waals surface area contributed by atoms with Crippen molar-refractivity contribution in [1.29, 1.82) is 0 Å². The number of likely N-dealkylation sites (tertiary alicyclic amines) is 1. The first-order chi connectivity index (χ1) is 9.91. The Morgan fingerprint density at radius 2 is 1.71 bits per heavy atom. The van der Waals surface area contributed by atoms with Crippen molar-refractivity contribution in [3.05, 3.63) is 35.4 Å². The predicted molar refractivity (Wildman–Crippen MR) is 79.0 cm³/mol. The fourth-order valence-electron chi connectivity index (χ4n) is 2.41. The highest BCUT2D eigenvalue weighted by molar-refractivity contribution is 5.98. The molecular weight excluding hydrogens is 266 g/mol. The quantitative estimate of drug-likeness (QED) is 0.665. The topological polar surface area (TPSA) is 57.6 Å². The van der Waals surface area contributed by atoms with Gasteiger partial charge in [0.15, 0.2) is 0 Å². The molecule has 2 amide bonds. The van der Waals surface area contributed by atoms with Crippen LogP contribution in [0.1, 0.15) is 37.8 Å². The van der Waals surface area contributed by atoms with Crippen LogP contribution in [0.4, 0.5) is 0 Å². The van der Waals surface area contributed by atoms with Crippen molar-refractivity contribution in [3.63, 3.8) is 0 Å². The zero-order valence-corrected chi connectivity index (χ0v) is 12.3. The van der Waals surface area contributed by atoms with E-state index in [1.807, 2.05) is 38.1 Å². The number of rotatable bonds is 2. The van der Waals surface area contributed by atoms with Crippen LogP contribution in [0.25, 0.3) is 0 Å². The summed E-state index contributed by atoms with van der Waals surface area (Å²) in [5.74, 6) is 5.16. The monoisotopic (exact) mass is 285 g/mol. The SMILES string of the molecule is CC1(C)CC(=O)N(Cc2ccc(C#CCO)cc2)C(=O)C1. The molecule has 110 valence electrons. The third kappa shape index (κ3) is 3.93. The van der Waals surface area contributed by atoms with E-state index in [1.165, 1.54) is 4.90 Å². The highest BCUT2D eigenvalue weighted by atomic mass is 16.2. The number of piperidine rings is 1. The second-order valence-electron chi connectivity index (χ2n) is 6.05. The Bertz CT molecular complexity index is 585. The van der Waals surface area contributed by atoms with Gasteiger partial charge in [0.2, 0.25) is 11.8 Å². The Morgan fingerprint density at radius 1 is 1.14 bits per heavy atom. The number of hydrogen-bond donors (Lipinski definition) is 1. The number of benzene rings is 1. The molecular formula is C17H19NO3. The first-order valence-corrected chi connectivity index (χ1v) is 6.93. The maximum atomic E-state index is 12.1. The van der Waals surface area contributed by atoms with Gasteiger partial charge in [0, 0.05) is 18.4 Å². The lowest BCUT2D eigenvalue weighted by molar-refractivity contribution is -0.153. The van der Waals surface area contributed by atoms with Gasteiger partial charge in [0.05, 0.1) is 6.54 Å². The second-order valence-corrected chi connectivity index (χ2v) is 6.05. The van der Waals surface area contributed by atoms with E-state index in [2.05, 4.69) is 11.8 Å². The van der Waals surface area contributed by atoms with Gasteiger partial charge < -0.3 is 5.11 Å². The minimum Gasteiger partial charge on any atom is -0.384 e. The van der Waals surface area contributed by atoms with Crippen LogP contribution in [0.3, 0.4) is 0 Å². The van der Waals surface area contributed by atoms with E-state index in [1.54, 1.807) is 0 Å². The van der Waals surface area contributed by atoms with Gasteiger partial charge in [-0.2, -0.15) is 0 Å². The third-order valence-electron chi connectivity index (χ3n) is 3.47. The molecule has 0 saturated carbocycles. The Balaban J connectivity index is 2.08. The fraction of sp³-hybridized carbons (Fsp3) is 0.412. The highest BCUT2D eigenvalue weighted by Crippen LogP contribution is 2.32. The number of aliphatic hydroxyl groups excluding tert-OH is 1. The van der Waals surface area contributed by atoms with Crippen LogP contribution in [-0.2, 0) is 16.1 Å². The fourth-order valence-corrected chi connectivity index (χ4v) is 2.41. The molecule has 0 radical (unpaired) electrons. The van der Waals surface area contributed by atoms with E-state index in [0.29, 0.717) is 19.4 Å². The van der Waals surface area contributed by atoms with E-state index in [9.17, 15) is 9.59 Å². The molecule has 0 aromatic heterocycles. The van der Waals surface area contributed by atoms with Crippen LogP contribution >= 0.6 is 0 Å². The molecule has 21 heavy (non-hydrogen) atoms. The average molecular weight is 285 g/mol. The summed E-state index contributed by atoms with van der Waals surface area (Å²) < 4.78 is 0. The Hall–Kier alpha value is -2.12. The molecule has 1 fully saturated rings. The minimum absolute atomic E-state index is 0.111. The van der Waals surface area contributed by atoms with Crippen molar-refractivity contribution >= 4 is 11.8 Å². The summed E-state index contributed by atoms with van der Waals surface area (Å²) in [6, 6.07) is 7.34. The molecule has 1 aliphatic heterocycles. The molecule has 1 aliphatic rings. The number of hydrogen-bond acceptors (Lipinski definition) is 3. The molecule has 0 unspecified atom stereocenters. The van der Waals surface area contributed by atoms with Gasteiger partial charge in [0.1, 0.15) is 6.61 Å². The van der Waals surface area contributed by atoms with Crippen LogP contribution in [0.5, 0.6) is 0 Å². The van der Waals surface area contributed by atoms with E-state index < -0.39 is 0 Å². The van der Waals surface area contributed by atoms with E-state index >= 15 is 0 Å².